The molecule has 3 heteroatoms. The van der Waals surface area contributed by atoms with Crippen LogP contribution in [0.1, 0.15) is 5.69 Å². The van der Waals surface area contributed by atoms with Crippen LogP contribution in [0.5, 0.6) is 0 Å². The predicted molar refractivity (Wildman–Crippen MR) is 44.9 cm³/mol. The van der Waals surface area contributed by atoms with Crippen LogP contribution in [0.4, 0.5) is 0 Å². The lowest BCUT2D eigenvalue weighted by Gasteiger charge is -1.97. The van der Waals surface area contributed by atoms with Gasteiger partial charge in [0.1, 0.15) is 0 Å². The summed E-state index contributed by atoms with van der Waals surface area (Å²) >= 11 is 3.27. The highest BCUT2D eigenvalue weighted by molar-refractivity contribution is 9.09. The second-order valence-electron chi connectivity index (χ2n) is 1.88. The van der Waals surface area contributed by atoms with Gasteiger partial charge in [0.15, 0.2) is 0 Å². The van der Waals surface area contributed by atoms with Crippen LogP contribution < -0.4 is 5.32 Å². The molecule has 54 valence electrons. The average Bonchev–Trinajstić information content (AvgIpc) is 2.03. The van der Waals surface area contributed by atoms with Crippen molar-refractivity contribution in [3.63, 3.8) is 0 Å². The van der Waals surface area contributed by atoms with Crippen molar-refractivity contribution in [3.05, 3.63) is 30.1 Å². The van der Waals surface area contributed by atoms with Crippen LogP contribution >= 0.6 is 15.9 Å². The molecule has 0 saturated heterocycles. The van der Waals surface area contributed by atoms with Crippen molar-refractivity contribution in [1.29, 1.82) is 0 Å². The van der Waals surface area contributed by atoms with Crippen molar-refractivity contribution >= 4 is 15.9 Å². The molecule has 0 aliphatic heterocycles. The molecule has 10 heavy (non-hydrogen) atoms. The number of hydrogen-bond donors (Lipinski definition) is 1. The summed E-state index contributed by atoms with van der Waals surface area (Å²) in [5.74, 6) is 0. The highest BCUT2D eigenvalue weighted by Crippen LogP contribution is 1.91. The summed E-state index contributed by atoms with van der Waals surface area (Å²) in [7, 11) is 0. The number of nitrogens with zero attached hydrogens (tertiary/aromatic N) is 1. The Kier molecular flexibility index (Phi) is 3.40. The van der Waals surface area contributed by atoms with E-state index in [1.807, 2.05) is 18.2 Å². The van der Waals surface area contributed by atoms with Crippen LogP contribution in [0.3, 0.4) is 0 Å². The third kappa shape index (κ3) is 2.45. The number of aromatic nitrogens is 1. The van der Waals surface area contributed by atoms with E-state index >= 15 is 0 Å². The molecule has 0 spiro atoms. The first kappa shape index (κ1) is 7.69. The zero-order chi connectivity index (χ0) is 7.23. The van der Waals surface area contributed by atoms with Gasteiger partial charge in [-0.05, 0) is 12.1 Å². The lowest BCUT2D eigenvalue weighted by Crippen LogP contribution is -2.10. The fourth-order valence-electron chi connectivity index (χ4n) is 0.678. The zero-order valence-corrected chi connectivity index (χ0v) is 7.13. The minimum Gasteiger partial charge on any atom is -0.302 e. The number of hydrogen-bond acceptors (Lipinski definition) is 2. The van der Waals surface area contributed by atoms with Gasteiger partial charge >= 0.3 is 0 Å². The summed E-state index contributed by atoms with van der Waals surface area (Å²) < 4.78 is 0. The molecule has 0 aliphatic rings. The van der Waals surface area contributed by atoms with Crippen molar-refractivity contribution in [2.24, 2.45) is 0 Å². The normalized spacial score (nSPS) is 9.70. The minimum atomic E-state index is 0.809. The fourth-order valence-corrected chi connectivity index (χ4v) is 0.876. The second kappa shape index (κ2) is 4.41. The van der Waals surface area contributed by atoms with Crippen LogP contribution in [0.25, 0.3) is 0 Å². The van der Waals surface area contributed by atoms with E-state index in [2.05, 4.69) is 26.2 Å². The summed E-state index contributed by atoms with van der Waals surface area (Å²) in [5.41, 5.74) is 1.88. The summed E-state index contributed by atoms with van der Waals surface area (Å²) in [5, 5.41) is 3.12. The van der Waals surface area contributed by atoms with E-state index < -0.39 is 0 Å². The van der Waals surface area contributed by atoms with Gasteiger partial charge in [0, 0.05) is 12.7 Å². The quantitative estimate of drug-likeness (QED) is 0.592. The lowest BCUT2D eigenvalue weighted by atomic mass is 10.3. The Labute approximate surface area is 68.8 Å². The van der Waals surface area contributed by atoms with Gasteiger partial charge in [-0.2, -0.15) is 0 Å². The SMILES string of the molecule is BrCNCc1ccccn1. The van der Waals surface area contributed by atoms with Gasteiger partial charge in [0.05, 0.1) is 11.1 Å². The van der Waals surface area contributed by atoms with Gasteiger partial charge in [0.25, 0.3) is 0 Å². The third-order valence-corrected chi connectivity index (χ3v) is 1.52. The first-order valence-corrected chi connectivity index (χ1v) is 4.22. The molecule has 1 heterocycles. The molecule has 0 atom stereocenters. The number of nitrogens with one attached hydrogen (secondary N) is 1. The van der Waals surface area contributed by atoms with Crippen LogP contribution in [-0.2, 0) is 6.54 Å². The molecule has 0 saturated carbocycles. The van der Waals surface area contributed by atoms with Gasteiger partial charge in [-0.1, -0.05) is 22.0 Å². The molecule has 0 aliphatic carbocycles. The summed E-state index contributed by atoms with van der Waals surface area (Å²) in [6, 6.07) is 5.89. The highest BCUT2D eigenvalue weighted by Gasteiger charge is 1.87. The van der Waals surface area contributed by atoms with Crippen molar-refractivity contribution in [3.8, 4) is 0 Å². The maximum Gasteiger partial charge on any atom is 0.0541 e. The van der Waals surface area contributed by atoms with Crippen molar-refractivity contribution < 1.29 is 0 Å². The molecule has 0 unspecified atom stereocenters. The Morgan fingerprint density at radius 2 is 2.40 bits per heavy atom. The van der Waals surface area contributed by atoms with Crippen LogP contribution in [0.2, 0.25) is 0 Å². The molecular weight excluding hydrogens is 192 g/mol. The van der Waals surface area contributed by atoms with Crippen LogP contribution in [0, 0.1) is 0 Å². The molecule has 1 rings (SSSR count). The van der Waals surface area contributed by atoms with Gasteiger partial charge < -0.3 is 5.32 Å². The standard InChI is InChI=1S/C7H9BrN2/c8-6-9-5-7-3-1-2-4-10-7/h1-4,9H,5-6H2. The van der Waals surface area contributed by atoms with E-state index in [4.69, 9.17) is 0 Å². The van der Waals surface area contributed by atoms with E-state index in [0.717, 1.165) is 17.7 Å². The topological polar surface area (TPSA) is 24.9 Å². The zero-order valence-electron chi connectivity index (χ0n) is 5.55. The minimum absolute atomic E-state index is 0.809. The maximum absolute atomic E-state index is 4.13. The highest BCUT2D eigenvalue weighted by atomic mass is 79.9. The summed E-state index contributed by atoms with van der Waals surface area (Å²) in [6.45, 7) is 0.825. The molecule has 0 amide bonds. The van der Waals surface area contributed by atoms with Gasteiger partial charge in [-0.15, -0.1) is 0 Å². The van der Waals surface area contributed by atoms with Gasteiger partial charge in [0.2, 0.25) is 0 Å². The van der Waals surface area contributed by atoms with Gasteiger partial charge in [-0.25, -0.2) is 0 Å². The summed E-state index contributed by atoms with van der Waals surface area (Å²) in [6.07, 6.45) is 1.80. The molecule has 0 bridgehead atoms. The number of halogens is 1. The van der Waals surface area contributed by atoms with E-state index in [9.17, 15) is 0 Å². The molecule has 0 radical (unpaired) electrons. The van der Waals surface area contributed by atoms with E-state index in [1.54, 1.807) is 6.20 Å². The first-order valence-electron chi connectivity index (χ1n) is 3.10. The second-order valence-corrected chi connectivity index (χ2v) is 2.44. The number of alkyl halides is 1. The molecule has 0 aromatic carbocycles. The van der Waals surface area contributed by atoms with Crippen LogP contribution in [-0.4, -0.2) is 10.4 Å². The molecule has 1 aromatic rings. The molecule has 1 N–H and O–H groups in total. The van der Waals surface area contributed by atoms with Crippen LogP contribution in [0.15, 0.2) is 24.4 Å². The van der Waals surface area contributed by atoms with Crippen molar-refractivity contribution in [1.82, 2.24) is 10.3 Å². The smallest absolute Gasteiger partial charge is 0.0541 e. The fraction of sp³-hybridized carbons (Fsp3) is 0.286. The Morgan fingerprint density at radius 3 is 3.00 bits per heavy atom. The Bertz CT molecular complexity index is 176. The van der Waals surface area contributed by atoms with Crippen molar-refractivity contribution in [2.75, 3.05) is 5.45 Å². The Morgan fingerprint density at radius 1 is 1.50 bits per heavy atom. The van der Waals surface area contributed by atoms with E-state index in [-0.39, 0.29) is 0 Å². The maximum atomic E-state index is 4.13. The molecule has 2 nitrogen and oxygen atoms in total. The van der Waals surface area contributed by atoms with E-state index in [0.29, 0.717) is 0 Å². The molecule has 0 fully saturated rings. The first-order chi connectivity index (χ1) is 4.93. The monoisotopic (exact) mass is 200 g/mol. The average molecular weight is 201 g/mol. The number of rotatable bonds is 3. The summed E-state index contributed by atoms with van der Waals surface area (Å²) in [4.78, 5) is 4.13. The Balaban J connectivity index is 2.43. The van der Waals surface area contributed by atoms with Crippen molar-refractivity contribution in [2.45, 2.75) is 6.54 Å². The Hall–Kier alpha value is -0.410. The van der Waals surface area contributed by atoms with E-state index in [1.165, 1.54) is 0 Å². The lowest BCUT2D eigenvalue weighted by molar-refractivity contribution is 0.777. The predicted octanol–water partition coefficient (Wildman–Crippen LogP) is 1.52. The number of pyridine rings is 1. The third-order valence-electron chi connectivity index (χ3n) is 1.13. The molecule has 1 aromatic heterocycles. The van der Waals surface area contributed by atoms with Gasteiger partial charge in [-0.3, -0.25) is 4.98 Å². The largest absolute Gasteiger partial charge is 0.302 e. The molecular formula is C7H9BrN2.